The summed E-state index contributed by atoms with van der Waals surface area (Å²) >= 11 is 0. The van der Waals surface area contributed by atoms with Crippen LogP contribution >= 0.6 is 0 Å². The molecule has 0 atom stereocenters. The lowest BCUT2D eigenvalue weighted by Crippen LogP contribution is -2.43. The van der Waals surface area contributed by atoms with E-state index in [9.17, 15) is 14.4 Å². The van der Waals surface area contributed by atoms with E-state index in [0.29, 0.717) is 17.1 Å². The van der Waals surface area contributed by atoms with E-state index in [1.807, 2.05) is 0 Å². The maximum atomic E-state index is 12.9. The van der Waals surface area contributed by atoms with Crippen molar-refractivity contribution in [3.8, 4) is 0 Å². The lowest BCUT2D eigenvalue weighted by molar-refractivity contribution is -0.136. The summed E-state index contributed by atoms with van der Waals surface area (Å²) < 4.78 is 0. The highest BCUT2D eigenvalue weighted by molar-refractivity contribution is 6.44. The first kappa shape index (κ1) is 18.7. The average Bonchev–Trinajstić information content (AvgIpc) is 2.70. The predicted octanol–water partition coefficient (Wildman–Crippen LogP) is 2.47. The standard InChI is InChI=1S/C21H18N4O3/c22-14-10-12-16(13-11-14)25(15-6-2-1-3-7-15)21(28)20(27)24-19(26)17-8-4-5-9-18(17)23/h1-13H,22-23H2,(H,24,26,27). The van der Waals surface area contributed by atoms with E-state index in [4.69, 9.17) is 11.5 Å². The number of rotatable bonds is 3. The van der Waals surface area contributed by atoms with Crippen LogP contribution in [0.5, 0.6) is 0 Å². The van der Waals surface area contributed by atoms with Crippen LogP contribution in [0.3, 0.4) is 0 Å². The molecular weight excluding hydrogens is 356 g/mol. The zero-order valence-corrected chi connectivity index (χ0v) is 14.8. The molecule has 0 radical (unpaired) electrons. The molecule has 0 fully saturated rings. The quantitative estimate of drug-likeness (QED) is 0.481. The molecule has 0 aliphatic heterocycles. The maximum Gasteiger partial charge on any atom is 0.321 e. The summed E-state index contributed by atoms with van der Waals surface area (Å²) in [6, 6.07) is 21.4. The van der Waals surface area contributed by atoms with E-state index in [1.165, 1.54) is 17.0 Å². The van der Waals surface area contributed by atoms with Gasteiger partial charge in [-0.2, -0.15) is 0 Å². The molecule has 0 aromatic heterocycles. The third-order valence-corrected chi connectivity index (χ3v) is 4.00. The Bertz CT molecular complexity index is 1020. The minimum absolute atomic E-state index is 0.113. The minimum Gasteiger partial charge on any atom is -0.399 e. The van der Waals surface area contributed by atoms with Crippen LogP contribution < -0.4 is 21.7 Å². The summed E-state index contributed by atoms with van der Waals surface area (Å²) in [5.74, 6) is -2.74. The second-order valence-electron chi connectivity index (χ2n) is 5.94. The topological polar surface area (TPSA) is 119 Å². The molecule has 3 amide bonds. The molecule has 0 spiro atoms. The van der Waals surface area contributed by atoms with Crippen molar-refractivity contribution in [3.05, 3.63) is 84.4 Å². The highest BCUT2D eigenvalue weighted by Gasteiger charge is 2.27. The number of anilines is 4. The molecule has 3 aromatic rings. The first-order chi connectivity index (χ1) is 13.5. The zero-order chi connectivity index (χ0) is 20.1. The molecule has 0 heterocycles. The number of nitrogens with two attached hydrogens (primary N) is 2. The van der Waals surface area contributed by atoms with Crippen molar-refractivity contribution in [2.75, 3.05) is 16.4 Å². The zero-order valence-electron chi connectivity index (χ0n) is 14.8. The smallest absolute Gasteiger partial charge is 0.321 e. The van der Waals surface area contributed by atoms with Gasteiger partial charge < -0.3 is 11.5 Å². The van der Waals surface area contributed by atoms with Crippen molar-refractivity contribution >= 4 is 40.5 Å². The summed E-state index contributed by atoms with van der Waals surface area (Å²) in [6.07, 6.45) is 0. The first-order valence-electron chi connectivity index (χ1n) is 8.42. The molecular formula is C21H18N4O3. The SMILES string of the molecule is Nc1ccc(N(C(=O)C(=O)NC(=O)c2ccccc2N)c2ccccc2)cc1. The summed E-state index contributed by atoms with van der Waals surface area (Å²) in [6.45, 7) is 0. The fraction of sp³-hybridized carbons (Fsp3) is 0. The van der Waals surface area contributed by atoms with Gasteiger partial charge in [0.25, 0.3) is 5.91 Å². The van der Waals surface area contributed by atoms with Gasteiger partial charge >= 0.3 is 11.8 Å². The fourth-order valence-electron chi connectivity index (χ4n) is 2.61. The van der Waals surface area contributed by atoms with Gasteiger partial charge in [-0.05, 0) is 48.5 Å². The number of hydrogen-bond donors (Lipinski definition) is 3. The first-order valence-corrected chi connectivity index (χ1v) is 8.42. The summed E-state index contributed by atoms with van der Waals surface area (Å²) in [4.78, 5) is 38.9. The molecule has 0 saturated carbocycles. The molecule has 0 unspecified atom stereocenters. The number of imide groups is 1. The molecule has 0 aliphatic rings. The molecule has 5 N–H and O–H groups in total. The van der Waals surface area contributed by atoms with Crippen molar-refractivity contribution in [2.45, 2.75) is 0 Å². The molecule has 0 aliphatic carbocycles. The minimum atomic E-state index is -1.08. The van der Waals surface area contributed by atoms with Gasteiger partial charge in [-0.15, -0.1) is 0 Å². The van der Waals surface area contributed by atoms with E-state index in [-0.39, 0.29) is 11.3 Å². The molecule has 0 bridgehead atoms. The number of nitrogens with zero attached hydrogens (tertiary/aromatic N) is 1. The van der Waals surface area contributed by atoms with Crippen molar-refractivity contribution in [1.82, 2.24) is 5.32 Å². The molecule has 3 rings (SSSR count). The second kappa shape index (κ2) is 8.05. The van der Waals surface area contributed by atoms with E-state index in [0.717, 1.165) is 0 Å². The van der Waals surface area contributed by atoms with Gasteiger partial charge in [-0.25, -0.2) is 0 Å². The van der Waals surface area contributed by atoms with Gasteiger partial charge in [0.15, 0.2) is 0 Å². The summed E-state index contributed by atoms with van der Waals surface area (Å²) in [7, 11) is 0. The second-order valence-corrected chi connectivity index (χ2v) is 5.94. The Morgan fingerprint density at radius 3 is 1.93 bits per heavy atom. The van der Waals surface area contributed by atoms with Crippen LogP contribution in [0, 0.1) is 0 Å². The Morgan fingerprint density at radius 1 is 0.714 bits per heavy atom. The highest BCUT2D eigenvalue weighted by Crippen LogP contribution is 2.26. The van der Waals surface area contributed by atoms with Gasteiger partial charge in [0.1, 0.15) is 0 Å². The molecule has 3 aromatic carbocycles. The lowest BCUT2D eigenvalue weighted by Gasteiger charge is -2.22. The average molecular weight is 374 g/mol. The third-order valence-electron chi connectivity index (χ3n) is 4.00. The summed E-state index contributed by atoms with van der Waals surface area (Å²) in [5.41, 5.74) is 13.2. The molecule has 28 heavy (non-hydrogen) atoms. The van der Waals surface area contributed by atoms with Crippen molar-refractivity contribution in [1.29, 1.82) is 0 Å². The summed E-state index contributed by atoms with van der Waals surface area (Å²) in [5, 5.41) is 2.09. The Balaban J connectivity index is 1.89. The van der Waals surface area contributed by atoms with Gasteiger partial charge in [0.05, 0.1) is 5.56 Å². The Kier molecular flexibility index (Phi) is 5.36. The maximum absolute atomic E-state index is 12.9. The van der Waals surface area contributed by atoms with Gasteiger partial charge in [0.2, 0.25) is 0 Å². The number of amides is 3. The Morgan fingerprint density at radius 2 is 1.29 bits per heavy atom. The van der Waals surface area contributed by atoms with Gasteiger partial charge in [-0.1, -0.05) is 30.3 Å². The van der Waals surface area contributed by atoms with Crippen LogP contribution in [-0.4, -0.2) is 17.7 Å². The monoisotopic (exact) mass is 374 g/mol. The van der Waals surface area contributed by atoms with Crippen LogP contribution in [0.2, 0.25) is 0 Å². The predicted molar refractivity (Wildman–Crippen MR) is 108 cm³/mol. The Hall–Kier alpha value is -4.13. The number of nitrogen functional groups attached to an aromatic ring is 2. The van der Waals surface area contributed by atoms with Crippen LogP contribution in [0.4, 0.5) is 22.7 Å². The number of carbonyl (C=O) groups excluding carboxylic acids is 3. The highest BCUT2D eigenvalue weighted by atomic mass is 16.2. The van der Waals surface area contributed by atoms with Crippen LogP contribution in [0.25, 0.3) is 0 Å². The van der Waals surface area contributed by atoms with Crippen molar-refractivity contribution in [3.63, 3.8) is 0 Å². The number of nitrogens with one attached hydrogen (secondary N) is 1. The third kappa shape index (κ3) is 3.99. The Labute approximate surface area is 161 Å². The fourth-order valence-corrected chi connectivity index (χ4v) is 2.61. The van der Waals surface area contributed by atoms with Crippen molar-refractivity contribution < 1.29 is 14.4 Å². The van der Waals surface area contributed by atoms with Gasteiger partial charge in [-0.3, -0.25) is 24.6 Å². The van der Waals surface area contributed by atoms with E-state index in [1.54, 1.807) is 66.7 Å². The van der Waals surface area contributed by atoms with E-state index < -0.39 is 17.7 Å². The van der Waals surface area contributed by atoms with Gasteiger partial charge in [0, 0.05) is 22.7 Å². The van der Waals surface area contributed by atoms with E-state index in [2.05, 4.69) is 5.32 Å². The number of benzene rings is 3. The number of hydrogen-bond acceptors (Lipinski definition) is 5. The molecule has 0 saturated heterocycles. The number of para-hydroxylation sites is 2. The molecule has 7 heteroatoms. The normalized spacial score (nSPS) is 10.1. The number of carbonyl (C=O) groups is 3. The molecule has 140 valence electrons. The van der Waals surface area contributed by atoms with E-state index >= 15 is 0 Å². The largest absolute Gasteiger partial charge is 0.399 e. The molecule has 7 nitrogen and oxygen atoms in total. The van der Waals surface area contributed by atoms with Crippen LogP contribution in [-0.2, 0) is 9.59 Å². The van der Waals surface area contributed by atoms with Crippen LogP contribution in [0.15, 0.2) is 78.9 Å². The lowest BCUT2D eigenvalue weighted by atomic mass is 10.1. The van der Waals surface area contributed by atoms with Crippen molar-refractivity contribution in [2.24, 2.45) is 0 Å². The van der Waals surface area contributed by atoms with Crippen LogP contribution in [0.1, 0.15) is 10.4 Å².